The fourth-order valence-corrected chi connectivity index (χ4v) is 3.71. The van der Waals surface area contributed by atoms with Gasteiger partial charge in [0.15, 0.2) is 5.82 Å². The number of fused-ring (bicyclic) bond motifs is 1. The molecular weight excluding hydrogens is 298 g/mol. The zero-order valence-corrected chi connectivity index (χ0v) is 13.1. The van der Waals surface area contributed by atoms with Crippen LogP contribution in [0.25, 0.3) is 0 Å². The number of ether oxygens (including phenoxy) is 1. The van der Waals surface area contributed by atoms with E-state index in [2.05, 4.69) is 22.1 Å². The number of nitrogens with one attached hydrogen (secondary N) is 2. The van der Waals surface area contributed by atoms with E-state index in [0.29, 0.717) is 18.2 Å². The largest absolute Gasteiger partial charge is 0.489 e. The van der Waals surface area contributed by atoms with Crippen LogP contribution in [0.4, 0.5) is 5.82 Å². The van der Waals surface area contributed by atoms with Gasteiger partial charge in [-0.3, -0.25) is 9.89 Å². The molecule has 5 nitrogen and oxygen atoms in total. The van der Waals surface area contributed by atoms with Gasteiger partial charge >= 0.3 is 0 Å². The minimum Gasteiger partial charge on any atom is -0.489 e. The Morgan fingerprint density at radius 1 is 1.50 bits per heavy atom. The van der Waals surface area contributed by atoms with Gasteiger partial charge in [-0.05, 0) is 13.0 Å². The van der Waals surface area contributed by atoms with E-state index in [0.717, 1.165) is 22.6 Å². The molecule has 0 fully saturated rings. The first-order valence-corrected chi connectivity index (χ1v) is 8.04. The van der Waals surface area contributed by atoms with Gasteiger partial charge in [0, 0.05) is 16.8 Å². The van der Waals surface area contributed by atoms with Crippen LogP contribution in [0, 0.1) is 6.92 Å². The summed E-state index contributed by atoms with van der Waals surface area (Å²) in [7, 11) is 0. The highest BCUT2D eigenvalue weighted by atomic mass is 32.2. The van der Waals surface area contributed by atoms with E-state index < -0.39 is 0 Å². The lowest BCUT2D eigenvalue weighted by Crippen LogP contribution is -2.12. The molecule has 1 atom stereocenters. The molecule has 22 heavy (non-hydrogen) atoms. The zero-order chi connectivity index (χ0) is 15.5. The third-order valence-electron chi connectivity index (χ3n) is 3.45. The topological polar surface area (TPSA) is 67.0 Å². The molecule has 114 valence electrons. The van der Waals surface area contributed by atoms with Gasteiger partial charge in [0.05, 0.1) is 11.0 Å². The minimum atomic E-state index is -0.0373. The molecule has 1 aliphatic heterocycles. The number of aromatic amines is 1. The van der Waals surface area contributed by atoms with Gasteiger partial charge in [-0.25, -0.2) is 0 Å². The van der Waals surface area contributed by atoms with Crippen molar-refractivity contribution >= 4 is 23.5 Å². The lowest BCUT2D eigenvalue weighted by atomic mass is 10.0. The van der Waals surface area contributed by atoms with Crippen molar-refractivity contribution in [3.8, 4) is 5.75 Å². The molecule has 1 aliphatic rings. The number of thioether (sulfide) groups is 1. The molecule has 0 saturated carbocycles. The van der Waals surface area contributed by atoms with Crippen LogP contribution in [0.3, 0.4) is 0 Å². The SMILES string of the molecule is C=CCOc1ccccc1C1SCC(=O)Nc2n[nH]c(C)c21. The van der Waals surface area contributed by atoms with E-state index in [1.807, 2.05) is 31.2 Å². The Morgan fingerprint density at radius 3 is 3.14 bits per heavy atom. The number of aromatic nitrogens is 2. The van der Waals surface area contributed by atoms with E-state index in [9.17, 15) is 4.79 Å². The second-order valence-electron chi connectivity index (χ2n) is 4.99. The summed E-state index contributed by atoms with van der Waals surface area (Å²) in [6.45, 7) is 6.09. The summed E-state index contributed by atoms with van der Waals surface area (Å²) in [4.78, 5) is 11.9. The van der Waals surface area contributed by atoms with Crippen molar-refractivity contribution in [3.05, 3.63) is 53.7 Å². The Balaban J connectivity index is 2.06. The number of carbonyl (C=O) groups is 1. The predicted octanol–water partition coefficient (Wildman–Crippen LogP) is 3.06. The van der Waals surface area contributed by atoms with Gasteiger partial charge in [-0.1, -0.05) is 30.9 Å². The van der Waals surface area contributed by atoms with Crippen LogP contribution in [0.1, 0.15) is 22.1 Å². The summed E-state index contributed by atoms with van der Waals surface area (Å²) in [5, 5.41) is 10.0. The van der Waals surface area contributed by atoms with Crippen molar-refractivity contribution < 1.29 is 9.53 Å². The minimum absolute atomic E-state index is 0.00582. The van der Waals surface area contributed by atoms with Crippen molar-refractivity contribution in [2.75, 3.05) is 17.7 Å². The molecule has 1 aromatic carbocycles. The Morgan fingerprint density at radius 2 is 2.32 bits per heavy atom. The maximum Gasteiger partial charge on any atom is 0.235 e. The summed E-state index contributed by atoms with van der Waals surface area (Å²) in [6.07, 6.45) is 1.72. The van der Waals surface area contributed by atoms with Gasteiger partial charge in [-0.15, -0.1) is 11.8 Å². The number of nitrogens with zero attached hydrogens (tertiary/aromatic N) is 1. The molecule has 0 saturated heterocycles. The molecule has 1 amide bonds. The second kappa shape index (κ2) is 6.27. The van der Waals surface area contributed by atoms with Gasteiger partial charge in [0.25, 0.3) is 0 Å². The number of hydrogen-bond acceptors (Lipinski definition) is 4. The predicted molar refractivity (Wildman–Crippen MR) is 88.4 cm³/mol. The first kappa shape index (κ1) is 14.7. The summed E-state index contributed by atoms with van der Waals surface area (Å²) in [5.41, 5.74) is 3.00. The van der Waals surface area contributed by atoms with E-state index in [-0.39, 0.29) is 11.2 Å². The number of anilines is 1. The van der Waals surface area contributed by atoms with Gasteiger partial charge in [-0.2, -0.15) is 5.10 Å². The zero-order valence-electron chi connectivity index (χ0n) is 12.3. The standard InChI is InChI=1S/C16H17N3O2S/c1-3-8-21-12-7-5-4-6-11(12)15-14-10(2)18-19-16(14)17-13(20)9-22-15/h3-7,15H,1,8-9H2,2H3,(H2,17,18,19,20). The smallest absolute Gasteiger partial charge is 0.235 e. The van der Waals surface area contributed by atoms with Crippen LogP contribution in [0.5, 0.6) is 5.75 Å². The maximum atomic E-state index is 11.9. The van der Waals surface area contributed by atoms with Crippen LogP contribution in [0.2, 0.25) is 0 Å². The third kappa shape index (κ3) is 2.74. The van der Waals surface area contributed by atoms with Crippen LogP contribution in [0.15, 0.2) is 36.9 Å². The van der Waals surface area contributed by atoms with Crippen LogP contribution >= 0.6 is 11.8 Å². The normalized spacial score (nSPS) is 17.3. The van der Waals surface area contributed by atoms with E-state index >= 15 is 0 Å². The monoisotopic (exact) mass is 315 g/mol. The number of aryl methyl sites for hydroxylation is 1. The molecule has 0 spiro atoms. The summed E-state index contributed by atoms with van der Waals surface area (Å²) < 4.78 is 5.77. The Kier molecular flexibility index (Phi) is 4.20. The molecule has 0 radical (unpaired) electrons. The first-order chi connectivity index (χ1) is 10.7. The van der Waals surface area contributed by atoms with Gasteiger partial charge in [0.1, 0.15) is 12.4 Å². The molecule has 1 aromatic heterocycles. The van der Waals surface area contributed by atoms with E-state index in [1.54, 1.807) is 17.8 Å². The lowest BCUT2D eigenvalue weighted by Gasteiger charge is -2.18. The Hall–Kier alpha value is -2.21. The summed E-state index contributed by atoms with van der Waals surface area (Å²) in [5.74, 6) is 1.76. The highest BCUT2D eigenvalue weighted by Crippen LogP contribution is 2.45. The second-order valence-corrected chi connectivity index (χ2v) is 6.08. The highest BCUT2D eigenvalue weighted by molar-refractivity contribution is 8.00. The van der Waals surface area contributed by atoms with Gasteiger partial charge < -0.3 is 10.1 Å². The average molecular weight is 315 g/mol. The maximum absolute atomic E-state index is 11.9. The molecule has 6 heteroatoms. The van der Waals surface area contributed by atoms with Crippen LogP contribution in [-0.4, -0.2) is 28.5 Å². The number of H-pyrrole nitrogens is 1. The molecule has 3 rings (SSSR count). The number of amides is 1. The molecule has 2 N–H and O–H groups in total. The lowest BCUT2D eigenvalue weighted by molar-refractivity contribution is -0.113. The number of rotatable bonds is 4. The van der Waals surface area contributed by atoms with E-state index in [4.69, 9.17) is 4.74 Å². The molecular formula is C16H17N3O2S. The number of hydrogen-bond donors (Lipinski definition) is 2. The molecule has 2 heterocycles. The molecule has 2 aromatic rings. The van der Waals surface area contributed by atoms with E-state index in [1.165, 1.54) is 0 Å². The Labute approximate surface area is 133 Å². The molecule has 0 aliphatic carbocycles. The number of carbonyl (C=O) groups excluding carboxylic acids is 1. The van der Waals surface area contributed by atoms with Crippen molar-refractivity contribution in [3.63, 3.8) is 0 Å². The molecule has 1 unspecified atom stereocenters. The number of benzene rings is 1. The third-order valence-corrected chi connectivity index (χ3v) is 4.71. The average Bonchev–Trinajstić information content (AvgIpc) is 2.78. The summed E-state index contributed by atoms with van der Waals surface area (Å²) >= 11 is 1.58. The fraction of sp³-hybridized carbons (Fsp3) is 0.250. The van der Waals surface area contributed by atoms with Crippen molar-refractivity contribution in [1.29, 1.82) is 0 Å². The van der Waals surface area contributed by atoms with Crippen LogP contribution in [-0.2, 0) is 4.79 Å². The quantitative estimate of drug-likeness (QED) is 0.851. The van der Waals surface area contributed by atoms with Crippen LogP contribution < -0.4 is 10.1 Å². The fourth-order valence-electron chi connectivity index (χ4n) is 2.49. The number of para-hydroxylation sites is 1. The van der Waals surface area contributed by atoms with Gasteiger partial charge in [0.2, 0.25) is 5.91 Å². The Bertz CT molecular complexity index is 711. The first-order valence-electron chi connectivity index (χ1n) is 6.99. The van der Waals surface area contributed by atoms with Crippen molar-refractivity contribution in [2.24, 2.45) is 0 Å². The van der Waals surface area contributed by atoms with Crippen molar-refractivity contribution in [1.82, 2.24) is 10.2 Å². The van der Waals surface area contributed by atoms with Crippen molar-refractivity contribution in [2.45, 2.75) is 12.2 Å². The summed E-state index contributed by atoms with van der Waals surface area (Å²) in [6, 6.07) is 7.89. The highest BCUT2D eigenvalue weighted by Gasteiger charge is 2.29. The molecule has 0 bridgehead atoms.